The van der Waals surface area contributed by atoms with Crippen LogP contribution in [0.3, 0.4) is 0 Å². The second-order valence-electron chi connectivity index (χ2n) is 5.72. The number of pyridine rings is 1. The Bertz CT molecular complexity index is 729. The van der Waals surface area contributed by atoms with E-state index in [-0.39, 0.29) is 30.8 Å². The average molecular weight is 303 g/mol. The largest absolute Gasteiger partial charge is 0.388 e. The highest BCUT2D eigenvalue weighted by atomic mass is 16.6. The third-order valence-corrected chi connectivity index (χ3v) is 4.33. The van der Waals surface area contributed by atoms with Crippen LogP contribution in [0.15, 0.2) is 24.4 Å². The zero-order valence-electron chi connectivity index (χ0n) is 12.1. The van der Waals surface area contributed by atoms with Crippen LogP contribution < -0.4 is 5.32 Å². The molecule has 0 radical (unpaired) electrons. The number of aromatic nitrogens is 2. The number of rotatable bonds is 2. The molecular formula is C15H17N3O4. The highest BCUT2D eigenvalue weighted by Gasteiger charge is 2.47. The van der Waals surface area contributed by atoms with Crippen LogP contribution in [-0.4, -0.2) is 58.0 Å². The first-order valence-corrected chi connectivity index (χ1v) is 7.31. The Labute approximate surface area is 126 Å². The number of hydrogen-bond donors (Lipinski definition) is 2. The van der Waals surface area contributed by atoms with Crippen LogP contribution in [0.5, 0.6) is 0 Å². The molecule has 2 aromatic rings. The number of ether oxygens (including phenoxy) is 2. The average Bonchev–Trinajstić information content (AvgIpc) is 3.17. The summed E-state index contributed by atoms with van der Waals surface area (Å²) < 4.78 is 12.9. The van der Waals surface area contributed by atoms with Crippen molar-refractivity contribution in [2.75, 3.05) is 13.2 Å². The first-order chi connectivity index (χ1) is 10.6. The van der Waals surface area contributed by atoms with Crippen LogP contribution >= 0.6 is 0 Å². The van der Waals surface area contributed by atoms with E-state index in [1.165, 1.54) is 0 Å². The third kappa shape index (κ3) is 2.01. The van der Waals surface area contributed by atoms with Crippen molar-refractivity contribution >= 4 is 11.6 Å². The number of carbonyl (C=O) groups excluding carboxylic acids is 1. The van der Waals surface area contributed by atoms with Gasteiger partial charge in [0.05, 0.1) is 24.9 Å². The number of nitrogens with one attached hydrogen (secondary N) is 1. The molecule has 2 saturated heterocycles. The number of aliphatic hydroxyl groups excluding tert-OH is 1. The van der Waals surface area contributed by atoms with Crippen molar-refractivity contribution in [2.45, 2.75) is 31.3 Å². The molecule has 4 atom stereocenters. The predicted octanol–water partition coefficient (Wildman–Crippen LogP) is -0.100. The molecule has 2 fully saturated rings. The fourth-order valence-corrected chi connectivity index (χ4v) is 3.17. The van der Waals surface area contributed by atoms with E-state index in [1.807, 2.05) is 35.7 Å². The summed E-state index contributed by atoms with van der Waals surface area (Å²) in [4.78, 5) is 16.9. The molecule has 1 amide bonds. The minimum Gasteiger partial charge on any atom is -0.388 e. The SMILES string of the molecule is Cc1c(C(=O)N[C@H]2CO[C@H]3[C@@H]2OC[C@H]3O)nc2ccccn12. The highest BCUT2D eigenvalue weighted by Crippen LogP contribution is 2.27. The van der Waals surface area contributed by atoms with Gasteiger partial charge in [-0.1, -0.05) is 6.07 Å². The van der Waals surface area contributed by atoms with Crippen LogP contribution in [0.25, 0.3) is 5.65 Å². The standard InChI is InChI=1S/C15H17N3O4/c1-8-12(17-11-4-2-3-5-18(8)11)15(20)16-9-6-21-14-10(19)7-22-13(9)14/h2-5,9-10,13-14,19H,6-7H2,1H3,(H,16,20)/t9-,10+,13+,14+/m0/s1. The molecule has 116 valence electrons. The fraction of sp³-hybridized carbons (Fsp3) is 0.467. The smallest absolute Gasteiger partial charge is 0.272 e. The lowest BCUT2D eigenvalue weighted by atomic mass is 10.1. The van der Waals surface area contributed by atoms with Crippen LogP contribution in [-0.2, 0) is 9.47 Å². The molecule has 4 heterocycles. The van der Waals surface area contributed by atoms with Crippen molar-refractivity contribution < 1.29 is 19.4 Å². The van der Waals surface area contributed by atoms with E-state index >= 15 is 0 Å². The van der Waals surface area contributed by atoms with Crippen molar-refractivity contribution in [3.63, 3.8) is 0 Å². The molecule has 4 rings (SSSR count). The van der Waals surface area contributed by atoms with E-state index in [0.717, 1.165) is 11.3 Å². The summed E-state index contributed by atoms with van der Waals surface area (Å²) in [7, 11) is 0. The number of aliphatic hydroxyl groups is 1. The molecule has 2 aromatic heterocycles. The normalized spacial score (nSPS) is 30.6. The Hall–Kier alpha value is -1.96. The van der Waals surface area contributed by atoms with Crippen molar-refractivity contribution in [3.05, 3.63) is 35.8 Å². The molecule has 2 N–H and O–H groups in total. The summed E-state index contributed by atoms with van der Waals surface area (Å²) in [5.41, 5.74) is 1.92. The number of fused-ring (bicyclic) bond motifs is 2. The molecular weight excluding hydrogens is 286 g/mol. The minimum atomic E-state index is -0.621. The Kier molecular flexibility index (Phi) is 3.14. The molecule has 0 saturated carbocycles. The minimum absolute atomic E-state index is 0.245. The zero-order chi connectivity index (χ0) is 15.3. The molecule has 0 unspecified atom stereocenters. The quantitative estimate of drug-likeness (QED) is 0.809. The maximum absolute atomic E-state index is 12.5. The summed E-state index contributed by atoms with van der Waals surface area (Å²) in [6, 6.07) is 5.37. The number of aryl methyl sites for hydroxylation is 1. The van der Waals surface area contributed by atoms with Gasteiger partial charge in [0, 0.05) is 6.20 Å². The van der Waals surface area contributed by atoms with E-state index in [0.29, 0.717) is 12.3 Å². The predicted molar refractivity (Wildman–Crippen MR) is 76.7 cm³/mol. The van der Waals surface area contributed by atoms with Crippen LogP contribution in [0.4, 0.5) is 0 Å². The van der Waals surface area contributed by atoms with Gasteiger partial charge in [0.15, 0.2) is 0 Å². The van der Waals surface area contributed by atoms with Crippen molar-refractivity contribution in [1.82, 2.24) is 14.7 Å². The van der Waals surface area contributed by atoms with Gasteiger partial charge in [-0.2, -0.15) is 0 Å². The van der Waals surface area contributed by atoms with Gasteiger partial charge >= 0.3 is 0 Å². The molecule has 22 heavy (non-hydrogen) atoms. The van der Waals surface area contributed by atoms with Crippen molar-refractivity contribution in [1.29, 1.82) is 0 Å². The van der Waals surface area contributed by atoms with Crippen molar-refractivity contribution in [3.8, 4) is 0 Å². The molecule has 0 aliphatic carbocycles. The molecule has 0 spiro atoms. The molecule has 2 aliphatic rings. The first kappa shape index (κ1) is 13.7. The first-order valence-electron chi connectivity index (χ1n) is 7.31. The summed E-state index contributed by atoms with van der Waals surface area (Å²) in [6.45, 7) is 2.44. The summed E-state index contributed by atoms with van der Waals surface area (Å²) in [5.74, 6) is -0.250. The summed E-state index contributed by atoms with van der Waals surface area (Å²) in [6.07, 6.45) is 0.604. The number of imidazole rings is 1. The lowest BCUT2D eigenvalue weighted by Crippen LogP contribution is -2.44. The zero-order valence-corrected chi connectivity index (χ0v) is 12.1. The fourth-order valence-electron chi connectivity index (χ4n) is 3.17. The van der Waals surface area contributed by atoms with E-state index in [1.54, 1.807) is 0 Å². The van der Waals surface area contributed by atoms with Crippen molar-refractivity contribution in [2.24, 2.45) is 0 Å². The van der Waals surface area contributed by atoms with Gasteiger partial charge < -0.3 is 24.3 Å². The summed E-state index contributed by atoms with van der Waals surface area (Å²) in [5, 5.41) is 12.6. The van der Waals surface area contributed by atoms with Gasteiger partial charge in [0.1, 0.15) is 29.7 Å². The van der Waals surface area contributed by atoms with Gasteiger partial charge in [0.25, 0.3) is 5.91 Å². The Morgan fingerprint density at radius 2 is 2.18 bits per heavy atom. The van der Waals surface area contributed by atoms with Gasteiger partial charge in [-0.25, -0.2) is 4.98 Å². The number of hydrogen-bond acceptors (Lipinski definition) is 5. The third-order valence-electron chi connectivity index (χ3n) is 4.33. The summed E-state index contributed by atoms with van der Waals surface area (Å²) >= 11 is 0. The van der Waals surface area contributed by atoms with E-state index in [9.17, 15) is 9.90 Å². The van der Waals surface area contributed by atoms with Gasteiger partial charge in [0.2, 0.25) is 0 Å². The molecule has 0 bridgehead atoms. The van der Waals surface area contributed by atoms with Gasteiger partial charge in [-0.05, 0) is 19.1 Å². The lowest BCUT2D eigenvalue weighted by Gasteiger charge is -2.16. The van der Waals surface area contributed by atoms with E-state index in [4.69, 9.17) is 9.47 Å². The maximum Gasteiger partial charge on any atom is 0.272 e. The molecule has 7 heteroatoms. The maximum atomic E-state index is 12.5. The number of amides is 1. The molecule has 2 aliphatic heterocycles. The van der Waals surface area contributed by atoms with Gasteiger partial charge in [-0.15, -0.1) is 0 Å². The second kappa shape index (κ2) is 5.05. The Morgan fingerprint density at radius 3 is 3.00 bits per heavy atom. The van der Waals surface area contributed by atoms with E-state index < -0.39 is 6.10 Å². The lowest BCUT2D eigenvalue weighted by molar-refractivity contribution is 0.0178. The van der Waals surface area contributed by atoms with E-state index in [2.05, 4.69) is 10.3 Å². The topological polar surface area (TPSA) is 85.1 Å². The molecule has 0 aromatic carbocycles. The monoisotopic (exact) mass is 303 g/mol. The number of carbonyl (C=O) groups is 1. The van der Waals surface area contributed by atoms with Gasteiger partial charge in [-0.3, -0.25) is 4.79 Å². The highest BCUT2D eigenvalue weighted by molar-refractivity contribution is 5.94. The van der Waals surface area contributed by atoms with Crippen LogP contribution in [0.1, 0.15) is 16.2 Å². The Morgan fingerprint density at radius 1 is 1.36 bits per heavy atom. The van der Waals surface area contributed by atoms with Crippen LogP contribution in [0, 0.1) is 6.92 Å². The van der Waals surface area contributed by atoms with Crippen LogP contribution in [0.2, 0.25) is 0 Å². The Balaban J connectivity index is 1.56. The number of nitrogens with zero attached hydrogens (tertiary/aromatic N) is 2. The molecule has 7 nitrogen and oxygen atoms in total. The second-order valence-corrected chi connectivity index (χ2v) is 5.72.